The Bertz CT molecular complexity index is 964. The highest BCUT2D eigenvalue weighted by molar-refractivity contribution is 6.06. The summed E-state index contributed by atoms with van der Waals surface area (Å²) in [5.74, 6) is 0.220. The van der Waals surface area contributed by atoms with E-state index in [-0.39, 0.29) is 17.9 Å². The van der Waals surface area contributed by atoms with Gasteiger partial charge in [0.25, 0.3) is 0 Å². The zero-order chi connectivity index (χ0) is 16.7. The Labute approximate surface area is 139 Å². The number of carbonyl (C=O) groups is 1. The molecule has 1 N–H and O–H groups in total. The van der Waals surface area contributed by atoms with Crippen LogP contribution in [0.1, 0.15) is 18.1 Å². The number of esters is 1. The maximum Gasteiger partial charge on any atom is 0.338 e. The largest absolute Gasteiger partial charge is 0.507 e. The second kappa shape index (κ2) is 5.57. The van der Waals surface area contributed by atoms with Gasteiger partial charge in [-0.2, -0.15) is 0 Å². The quantitative estimate of drug-likeness (QED) is 0.722. The van der Waals surface area contributed by atoms with Crippen molar-refractivity contribution in [2.24, 2.45) is 0 Å². The number of rotatable bonds is 3. The van der Waals surface area contributed by atoms with Gasteiger partial charge in [-0.15, -0.1) is 0 Å². The zero-order valence-electron chi connectivity index (χ0n) is 13.2. The van der Waals surface area contributed by atoms with Crippen molar-refractivity contribution in [2.75, 3.05) is 6.61 Å². The van der Waals surface area contributed by atoms with Crippen LogP contribution in [0, 0.1) is 0 Å². The molecule has 0 aliphatic heterocycles. The van der Waals surface area contributed by atoms with E-state index < -0.39 is 5.97 Å². The lowest BCUT2D eigenvalue weighted by Crippen LogP contribution is -2.15. The molecule has 0 saturated carbocycles. The van der Waals surface area contributed by atoms with E-state index in [0.29, 0.717) is 17.6 Å². The molecular weight excluding hydrogens is 304 g/mol. The molecule has 1 aliphatic rings. The van der Waals surface area contributed by atoms with Crippen molar-refractivity contribution in [2.45, 2.75) is 13.3 Å². The molecule has 2 aromatic carbocycles. The molecule has 4 heteroatoms. The average Bonchev–Trinajstić information content (AvgIpc) is 2.98. The summed E-state index contributed by atoms with van der Waals surface area (Å²) in [6, 6.07) is 15.2. The minimum absolute atomic E-state index is 0.0213. The highest BCUT2D eigenvalue weighted by Crippen LogP contribution is 2.42. The van der Waals surface area contributed by atoms with Crippen molar-refractivity contribution < 1.29 is 19.1 Å². The Morgan fingerprint density at radius 3 is 2.71 bits per heavy atom. The van der Waals surface area contributed by atoms with E-state index in [9.17, 15) is 9.90 Å². The van der Waals surface area contributed by atoms with E-state index in [2.05, 4.69) is 0 Å². The van der Waals surface area contributed by atoms with Crippen LogP contribution >= 0.6 is 0 Å². The van der Waals surface area contributed by atoms with Gasteiger partial charge >= 0.3 is 5.97 Å². The van der Waals surface area contributed by atoms with Crippen molar-refractivity contribution in [3.63, 3.8) is 0 Å². The fraction of sp³-hybridized carbons (Fsp3) is 0.150. The maximum atomic E-state index is 12.2. The van der Waals surface area contributed by atoms with Crippen LogP contribution in [0.2, 0.25) is 0 Å². The second-order valence-electron chi connectivity index (χ2n) is 5.68. The standard InChI is InChI=1S/C20H16O4/c1-2-23-20(22)15-11-14-17-13(18(15)21)9-6-10-16(17)24-19(14)12-7-4-3-5-8-12/h3-10,21H,2,11H2,1H3. The lowest BCUT2D eigenvalue weighted by atomic mass is 9.89. The van der Waals surface area contributed by atoms with Gasteiger partial charge in [0.1, 0.15) is 17.1 Å². The minimum Gasteiger partial charge on any atom is -0.507 e. The number of benzene rings is 2. The number of hydrogen-bond acceptors (Lipinski definition) is 4. The maximum absolute atomic E-state index is 12.2. The van der Waals surface area contributed by atoms with Crippen molar-refractivity contribution in [1.29, 1.82) is 0 Å². The van der Waals surface area contributed by atoms with Crippen molar-refractivity contribution in [3.8, 4) is 11.3 Å². The van der Waals surface area contributed by atoms with Gasteiger partial charge in [-0.3, -0.25) is 0 Å². The van der Waals surface area contributed by atoms with Crippen LogP contribution in [-0.4, -0.2) is 17.7 Å². The van der Waals surface area contributed by atoms with Gasteiger partial charge in [0.05, 0.1) is 12.2 Å². The second-order valence-corrected chi connectivity index (χ2v) is 5.68. The monoisotopic (exact) mass is 320 g/mol. The predicted octanol–water partition coefficient (Wildman–Crippen LogP) is 4.49. The number of ether oxygens (including phenoxy) is 1. The van der Waals surface area contributed by atoms with Crippen LogP contribution in [0.5, 0.6) is 0 Å². The average molecular weight is 320 g/mol. The number of aliphatic hydroxyl groups is 1. The van der Waals surface area contributed by atoms with E-state index in [4.69, 9.17) is 9.15 Å². The highest BCUT2D eigenvalue weighted by atomic mass is 16.5. The molecule has 4 rings (SSSR count). The normalized spacial score (nSPS) is 13.4. The number of furan rings is 1. The van der Waals surface area contributed by atoms with E-state index in [0.717, 1.165) is 22.3 Å². The first kappa shape index (κ1) is 14.6. The molecule has 0 spiro atoms. The molecule has 0 saturated heterocycles. The summed E-state index contributed by atoms with van der Waals surface area (Å²) in [7, 11) is 0. The number of aliphatic hydroxyl groups excluding tert-OH is 1. The van der Waals surface area contributed by atoms with E-state index in [1.807, 2.05) is 42.5 Å². The highest BCUT2D eigenvalue weighted by Gasteiger charge is 2.30. The molecule has 0 fully saturated rings. The summed E-state index contributed by atoms with van der Waals surface area (Å²) < 4.78 is 11.1. The molecular formula is C20H16O4. The fourth-order valence-corrected chi connectivity index (χ4v) is 3.21. The first-order valence-electron chi connectivity index (χ1n) is 7.90. The summed E-state index contributed by atoms with van der Waals surface area (Å²) in [5, 5.41) is 11.4. The van der Waals surface area contributed by atoms with Crippen LogP contribution in [-0.2, 0) is 16.0 Å². The van der Waals surface area contributed by atoms with Crippen molar-refractivity contribution >= 4 is 22.7 Å². The summed E-state index contributed by atoms with van der Waals surface area (Å²) in [6.45, 7) is 2.02. The Morgan fingerprint density at radius 2 is 1.96 bits per heavy atom. The molecule has 4 nitrogen and oxygen atoms in total. The lowest BCUT2D eigenvalue weighted by molar-refractivity contribution is -0.138. The predicted molar refractivity (Wildman–Crippen MR) is 91.5 cm³/mol. The molecule has 1 heterocycles. The molecule has 120 valence electrons. The Morgan fingerprint density at radius 1 is 1.17 bits per heavy atom. The number of hydrogen-bond donors (Lipinski definition) is 1. The molecule has 0 unspecified atom stereocenters. The van der Waals surface area contributed by atoms with Gasteiger partial charge in [-0.05, 0) is 13.0 Å². The third kappa shape index (κ3) is 2.11. The van der Waals surface area contributed by atoms with Crippen molar-refractivity contribution in [1.82, 2.24) is 0 Å². The molecule has 0 bridgehead atoms. The lowest BCUT2D eigenvalue weighted by Gasteiger charge is -2.16. The molecule has 0 atom stereocenters. The van der Waals surface area contributed by atoms with E-state index in [1.54, 1.807) is 13.0 Å². The fourth-order valence-electron chi connectivity index (χ4n) is 3.21. The topological polar surface area (TPSA) is 59.7 Å². The van der Waals surface area contributed by atoms with Gasteiger partial charge in [0, 0.05) is 28.5 Å². The Hall–Kier alpha value is -3.01. The van der Waals surface area contributed by atoms with Gasteiger partial charge in [0.15, 0.2) is 0 Å². The van der Waals surface area contributed by atoms with Gasteiger partial charge in [-0.25, -0.2) is 4.79 Å². The zero-order valence-corrected chi connectivity index (χ0v) is 13.2. The van der Waals surface area contributed by atoms with E-state index >= 15 is 0 Å². The molecule has 24 heavy (non-hydrogen) atoms. The first-order valence-corrected chi connectivity index (χ1v) is 7.90. The van der Waals surface area contributed by atoms with Crippen LogP contribution in [0.4, 0.5) is 0 Å². The van der Waals surface area contributed by atoms with Gasteiger partial charge in [-0.1, -0.05) is 42.5 Å². The Kier molecular flexibility index (Phi) is 3.38. The first-order chi connectivity index (χ1) is 11.7. The third-order valence-electron chi connectivity index (χ3n) is 4.27. The van der Waals surface area contributed by atoms with Crippen LogP contribution in [0.25, 0.3) is 28.1 Å². The van der Waals surface area contributed by atoms with Gasteiger partial charge in [0.2, 0.25) is 0 Å². The smallest absolute Gasteiger partial charge is 0.338 e. The van der Waals surface area contributed by atoms with Crippen LogP contribution in [0.3, 0.4) is 0 Å². The summed E-state index contributed by atoms with van der Waals surface area (Å²) in [5.41, 5.74) is 3.45. The van der Waals surface area contributed by atoms with Gasteiger partial charge < -0.3 is 14.3 Å². The van der Waals surface area contributed by atoms with E-state index in [1.165, 1.54) is 0 Å². The SMILES string of the molecule is CCOC(=O)C1=C(O)c2cccc3oc(-c4ccccc4)c(c23)C1. The van der Waals surface area contributed by atoms with Crippen LogP contribution < -0.4 is 0 Å². The number of carbonyl (C=O) groups excluding carboxylic acids is 1. The van der Waals surface area contributed by atoms with Crippen LogP contribution in [0.15, 0.2) is 58.5 Å². The summed E-state index contributed by atoms with van der Waals surface area (Å²) in [4.78, 5) is 12.2. The van der Waals surface area contributed by atoms with Crippen molar-refractivity contribution in [3.05, 3.63) is 65.2 Å². The Balaban J connectivity index is 1.95. The molecule has 3 aromatic rings. The minimum atomic E-state index is -0.488. The summed E-state index contributed by atoms with van der Waals surface area (Å²) >= 11 is 0. The molecule has 0 radical (unpaired) electrons. The molecule has 1 aliphatic carbocycles. The third-order valence-corrected chi connectivity index (χ3v) is 4.27. The molecule has 0 amide bonds. The molecule has 1 aromatic heterocycles. The summed E-state index contributed by atoms with van der Waals surface area (Å²) in [6.07, 6.45) is 0.291.